The van der Waals surface area contributed by atoms with Gasteiger partial charge in [0.25, 0.3) is 5.89 Å². The van der Waals surface area contributed by atoms with Crippen molar-refractivity contribution in [2.24, 2.45) is 0 Å². The first-order valence-electron chi connectivity index (χ1n) is 7.97. The van der Waals surface area contributed by atoms with Crippen molar-refractivity contribution >= 4 is 11.6 Å². The van der Waals surface area contributed by atoms with Crippen LogP contribution in [0.2, 0.25) is 0 Å². The zero-order valence-electron chi connectivity index (χ0n) is 13.3. The van der Waals surface area contributed by atoms with Gasteiger partial charge >= 0.3 is 0 Å². The lowest BCUT2D eigenvalue weighted by molar-refractivity contribution is -0.117. The Kier molecular flexibility index (Phi) is 3.61. The molecule has 5 nitrogen and oxygen atoms in total. The van der Waals surface area contributed by atoms with Crippen molar-refractivity contribution in [3.8, 4) is 11.5 Å². The summed E-state index contributed by atoms with van der Waals surface area (Å²) in [7, 11) is 0. The van der Waals surface area contributed by atoms with Crippen LogP contribution in [0.5, 0.6) is 0 Å². The Morgan fingerprint density at radius 3 is 2.58 bits per heavy atom. The van der Waals surface area contributed by atoms with Crippen molar-refractivity contribution in [1.82, 2.24) is 10.1 Å². The van der Waals surface area contributed by atoms with Crippen LogP contribution in [0.3, 0.4) is 0 Å². The molecule has 0 bridgehead atoms. The monoisotopic (exact) mass is 319 g/mol. The van der Waals surface area contributed by atoms with Crippen LogP contribution in [-0.2, 0) is 4.79 Å². The summed E-state index contributed by atoms with van der Waals surface area (Å²) in [5.41, 5.74) is 2.98. The maximum absolute atomic E-state index is 12.4. The molecule has 0 aliphatic carbocycles. The number of hydrogen-bond donors (Lipinski definition) is 0. The number of aryl methyl sites for hydroxylation is 1. The highest BCUT2D eigenvalue weighted by Crippen LogP contribution is 2.31. The van der Waals surface area contributed by atoms with Crippen molar-refractivity contribution in [2.75, 3.05) is 11.4 Å². The van der Waals surface area contributed by atoms with Gasteiger partial charge in [0.2, 0.25) is 5.91 Å². The molecule has 0 saturated carbocycles. The SMILES string of the molecule is Cc1ccc(N2CC(c3noc(-c4ccccc4)n3)CC2=O)cc1. The second-order valence-corrected chi connectivity index (χ2v) is 6.06. The third-order valence-corrected chi connectivity index (χ3v) is 4.30. The summed E-state index contributed by atoms with van der Waals surface area (Å²) in [5.74, 6) is 1.14. The van der Waals surface area contributed by atoms with Gasteiger partial charge in [0, 0.05) is 30.1 Å². The predicted octanol–water partition coefficient (Wildman–Crippen LogP) is 3.57. The second kappa shape index (κ2) is 5.92. The summed E-state index contributed by atoms with van der Waals surface area (Å²) in [4.78, 5) is 18.6. The number of amides is 1. The topological polar surface area (TPSA) is 59.2 Å². The number of carbonyl (C=O) groups excluding carboxylic acids is 1. The second-order valence-electron chi connectivity index (χ2n) is 6.06. The average molecular weight is 319 g/mol. The van der Waals surface area contributed by atoms with E-state index in [1.807, 2.05) is 61.5 Å². The van der Waals surface area contributed by atoms with Crippen LogP contribution in [0.15, 0.2) is 59.1 Å². The smallest absolute Gasteiger partial charge is 0.257 e. The van der Waals surface area contributed by atoms with E-state index in [0.717, 1.165) is 11.3 Å². The molecule has 0 N–H and O–H groups in total. The Balaban J connectivity index is 1.55. The summed E-state index contributed by atoms with van der Waals surface area (Å²) >= 11 is 0. The summed E-state index contributed by atoms with van der Waals surface area (Å²) in [5, 5.41) is 4.09. The molecule has 1 atom stereocenters. The first-order valence-corrected chi connectivity index (χ1v) is 7.97. The third kappa shape index (κ3) is 2.69. The van der Waals surface area contributed by atoms with Gasteiger partial charge in [0.1, 0.15) is 0 Å². The Morgan fingerprint density at radius 1 is 1.08 bits per heavy atom. The van der Waals surface area contributed by atoms with Crippen LogP contribution in [0.1, 0.15) is 23.7 Å². The summed E-state index contributed by atoms with van der Waals surface area (Å²) < 4.78 is 5.36. The molecule has 0 spiro atoms. The zero-order chi connectivity index (χ0) is 16.5. The standard InChI is InChI=1S/C19H17N3O2/c1-13-7-9-16(10-8-13)22-12-15(11-17(22)23)18-20-19(24-21-18)14-5-3-2-4-6-14/h2-10,15H,11-12H2,1H3. The van der Waals surface area contributed by atoms with Crippen LogP contribution >= 0.6 is 0 Å². The van der Waals surface area contributed by atoms with Gasteiger partial charge in [-0.3, -0.25) is 4.79 Å². The fraction of sp³-hybridized carbons (Fsp3) is 0.211. The molecule has 24 heavy (non-hydrogen) atoms. The van der Waals surface area contributed by atoms with E-state index >= 15 is 0 Å². The van der Waals surface area contributed by atoms with Gasteiger partial charge < -0.3 is 9.42 Å². The number of benzene rings is 2. The molecular formula is C19H17N3O2. The van der Waals surface area contributed by atoms with E-state index in [-0.39, 0.29) is 11.8 Å². The Labute approximate surface area is 139 Å². The Morgan fingerprint density at radius 2 is 1.83 bits per heavy atom. The molecule has 1 saturated heterocycles. The minimum absolute atomic E-state index is 0.0417. The van der Waals surface area contributed by atoms with E-state index < -0.39 is 0 Å². The lowest BCUT2D eigenvalue weighted by Gasteiger charge is -2.16. The first kappa shape index (κ1) is 14.6. The highest BCUT2D eigenvalue weighted by molar-refractivity contribution is 5.96. The van der Waals surface area contributed by atoms with Gasteiger partial charge in [-0.1, -0.05) is 41.1 Å². The van der Waals surface area contributed by atoms with Crippen LogP contribution in [-0.4, -0.2) is 22.6 Å². The maximum atomic E-state index is 12.4. The van der Waals surface area contributed by atoms with E-state index in [0.29, 0.717) is 24.7 Å². The van der Waals surface area contributed by atoms with E-state index in [4.69, 9.17) is 4.52 Å². The van der Waals surface area contributed by atoms with Crippen molar-refractivity contribution < 1.29 is 9.32 Å². The molecule has 1 aromatic heterocycles. The fourth-order valence-electron chi connectivity index (χ4n) is 2.95. The molecule has 1 amide bonds. The van der Waals surface area contributed by atoms with Crippen molar-refractivity contribution in [3.05, 3.63) is 66.0 Å². The maximum Gasteiger partial charge on any atom is 0.257 e. The molecule has 4 rings (SSSR count). The van der Waals surface area contributed by atoms with Gasteiger partial charge in [-0.05, 0) is 31.2 Å². The highest BCUT2D eigenvalue weighted by atomic mass is 16.5. The van der Waals surface area contributed by atoms with Crippen LogP contribution in [0.25, 0.3) is 11.5 Å². The summed E-state index contributed by atoms with van der Waals surface area (Å²) in [6.07, 6.45) is 0.404. The van der Waals surface area contributed by atoms with Crippen LogP contribution in [0, 0.1) is 6.92 Å². The first-order chi connectivity index (χ1) is 11.7. The molecule has 5 heteroatoms. The average Bonchev–Trinajstić information content (AvgIpc) is 3.23. The minimum Gasteiger partial charge on any atom is -0.334 e. The van der Waals surface area contributed by atoms with Crippen molar-refractivity contribution in [3.63, 3.8) is 0 Å². The quantitative estimate of drug-likeness (QED) is 0.740. The summed E-state index contributed by atoms with van der Waals surface area (Å²) in [6, 6.07) is 17.6. The van der Waals surface area contributed by atoms with Crippen molar-refractivity contribution in [1.29, 1.82) is 0 Å². The Bertz CT molecular complexity index is 856. The molecule has 1 aliphatic heterocycles. The van der Waals surface area contributed by atoms with Crippen LogP contribution < -0.4 is 4.90 Å². The molecule has 2 heterocycles. The third-order valence-electron chi connectivity index (χ3n) is 4.30. The highest BCUT2D eigenvalue weighted by Gasteiger charge is 2.34. The minimum atomic E-state index is -0.0417. The number of nitrogens with zero attached hydrogens (tertiary/aromatic N) is 3. The number of rotatable bonds is 3. The number of anilines is 1. The predicted molar refractivity (Wildman–Crippen MR) is 90.6 cm³/mol. The van der Waals surface area contributed by atoms with Gasteiger partial charge in [-0.25, -0.2) is 0 Å². The molecule has 1 aliphatic rings. The normalized spacial score (nSPS) is 17.5. The Hall–Kier alpha value is -2.95. The largest absolute Gasteiger partial charge is 0.334 e. The van der Waals surface area contributed by atoms with E-state index in [1.165, 1.54) is 5.56 Å². The van der Waals surface area contributed by atoms with E-state index in [1.54, 1.807) is 4.90 Å². The molecular weight excluding hydrogens is 302 g/mol. The molecule has 1 unspecified atom stereocenters. The van der Waals surface area contributed by atoms with E-state index in [2.05, 4.69) is 10.1 Å². The fourth-order valence-corrected chi connectivity index (χ4v) is 2.95. The molecule has 1 fully saturated rings. The molecule has 3 aromatic rings. The van der Waals surface area contributed by atoms with Crippen LogP contribution in [0.4, 0.5) is 5.69 Å². The number of carbonyl (C=O) groups is 1. The lowest BCUT2D eigenvalue weighted by atomic mass is 10.1. The summed E-state index contributed by atoms with van der Waals surface area (Å²) in [6.45, 7) is 2.61. The van der Waals surface area contributed by atoms with Gasteiger partial charge in [-0.2, -0.15) is 4.98 Å². The van der Waals surface area contributed by atoms with Crippen molar-refractivity contribution in [2.45, 2.75) is 19.3 Å². The molecule has 2 aromatic carbocycles. The zero-order valence-corrected chi connectivity index (χ0v) is 13.3. The van der Waals surface area contributed by atoms with Gasteiger partial charge in [-0.15, -0.1) is 0 Å². The lowest BCUT2D eigenvalue weighted by Crippen LogP contribution is -2.24. The molecule has 120 valence electrons. The molecule has 0 radical (unpaired) electrons. The van der Waals surface area contributed by atoms with E-state index in [9.17, 15) is 4.79 Å². The number of aromatic nitrogens is 2. The number of hydrogen-bond acceptors (Lipinski definition) is 4. The van der Waals surface area contributed by atoms with Gasteiger partial charge in [0.15, 0.2) is 5.82 Å². The van der Waals surface area contributed by atoms with Gasteiger partial charge in [0.05, 0.1) is 0 Å².